The molecule has 0 atom stereocenters. The molecule has 1 aliphatic heterocycles. The predicted octanol–water partition coefficient (Wildman–Crippen LogP) is 5.68. The summed E-state index contributed by atoms with van der Waals surface area (Å²) < 4.78 is 0. The Labute approximate surface area is 164 Å². The van der Waals surface area contributed by atoms with Gasteiger partial charge in [-0.25, -0.2) is 0 Å². The van der Waals surface area contributed by atoms with Gasteiger partial charge in [0.2, 0.25) is 0 Å². The summed E-state index contributed by atoms with van der Waals surface area (Å²) in [5.74, 6) is 1.14. The van der Waals surface area contributed by atoms with Crippen LogP contribution in [0, 0.1) is 11.8 Å². The highest BCUT2D eigenvalue weighted by Gasteiger charge is 2.22. The van der Waals surface area contributed by atoms with Crippen LogP contribution in [0.3, 0.4) is 0 Å². The maximum absolute atomic E-state index is 11.5. The highest BCUT2D eigenvalue weighted by Crippen LogP contribution is 2.26. The molecule has 1 saturated heterocycles. The Morgan fingerprint density at radius 2 is 1.54 bits per heavy atom. The lowest BCUT2D eigenvalue weighted by molar-refractivity contribution is -0.126. The van der Waals surface area contributed by atoms with E-state index in [1.807, 2.05) is 27.7 Å². The Morgan fingerprint density at radius 3 is 2.08 bits per heavy atom. The van der Waals surface area contributed by atoms with Crippen LogP contribution in [0.25, 0.3) is 0 Å². The number of carbonyl (C=O) groups excluding carboxylic acids is 1. The second-order valence-corrected chi connectivity index (χ2v) is 7.90. The average Bonchev–Trinajstić information content (AvgIpc) is 2.70. The molecule has 0 spiro atoms. The minimum absolute atomic E-state index is 0.248. The van der Waals surface area contributed by atoms with Crippen molar-refractivity contribution < 1.29 is 4.79 Å². The smallest absolute Gasteiger partial charge is 0.138 e. The maximum atomic E-state index is 11.5. The molecular weight excluding hydrogens is 320 g/mol. The molecule has 0 amide bonds. The fourth-order valence-corrected chi connectivity index (χ4v) is 3.73. The van der Waals surface area contributed by atoms with Crippen molar-refractivity contribution in [3.8, 4) is 0 Å². The van der Waals surface area contributed by atoms with Crippen molar-refractivity contribution in [2.24, 2.45) is 11.8 Å². The standard InChI is InChI=1S/C11H24N2.C10H18O.C2H6/c1-2-3-4-5-6-9-13-10-7-12-8-11-13;1-8(2)10(11)9-6-4-3-5-7-9;1-2/h12H,2-11H2,1H3;8-9H,3-7H2,1-2H3;1-2H3. The Kier molecular flexibility index (Phi) is 17.7. The van der Waals surface area contributed by atoms with Gasteiger partial charge in [0.05, 0.1) is 0 Å². The van der Waals surface area contributed by atoms with Gasteiger partial charge in [-0.3, -0.25) is 4.79 Å². The molecule has 2 fully saturated rings. The zero-order valence-electron chi connectivity index (χ0n) is 18.6. The van der Waals surface area contributed by atoms with Crippen molar-refractivity contribution in [1.82, 2.24) is 10.2 Å². The first-order chi connectivity index (χ1) is 12.6. The molecule has 156 valence electrons. The molecule has 0 unspecified atom stereocenters. The van der Waals surface area contributed by atoms with Crippen LogP contribution < -0.4 is 5.32 Å². The quantitative estimate of drug-likeness (QED) is 0.559. The van der Waals surface area contributed by atoms with Crippen LogP contribution in [0.1, 0.15) is 98.8 Å². The second kappa shape index (κ2) is 18.0. The van der Waals surface area contributed by atoms with Gasteiger partial charge in [-0.15, -0.1) is 0 Å². The number of carbonyl (C=O) groups is 1. The number of nitrogens with zero attached hydrogens (tertiary/aromatic N) is 1. The van der Waals surface area contributed by atoms with Crippen LogP contribution in [0.4, 0.5) is 0 Å². The molecule has 1 N–H and O–H groups in total. The third-order valence-corrected chi connectivity index (χ3v) is 5.36. The molecule has 3 heteroatoms. The normalized spacial score (nSPS) is 18.5. The minimum Gasteiger partial charge on any atom is -0.314 e. The van der Waals surface area contributed by atoms with Gasteiger partial charge in [0.25, 0.3) is 0 Å². The van der Waals surface area contributed by atoms with E-state index in [0.29, 0.717) is 11.7 Å². The number of ketones is 1. The third-order valence-electron chi connectivity index (χ3n) is 5.36. The SMILES string of the molecule is CC.CC(C)C(=O)C1CCCCC1.CCCCCCCN1CCNCC1. The fourth-order valence-electron chi connectivity index (χ4n) is 3.73. The number of hydrogen-bond donors (Lipinski definition) is 1. The number of nitrogens with one attached hydrogen (secondary N) is 1. The van der Waals surface area contributed by atoms with E-state index in [1.54, 1.807) is 0 Å². The first-order valence-electron chi connectivity index (χ1n) is 11.6. The van der Waals surface area contributed by atoms with Crippen molar-refractivity contribution in [3.05, 3.63) is 0 Å². The minimum atomic E-state index is 0.248. The number of rotatable bonds is 8. The number of piperazine rings is 1. The van der Waals surface area contributed by atoms with E-state index < -0.39 is 0 Å². The van der Waals surface area contributed by atoms with Gasteiger partial charge in [0.15, 0.2) is 0 Å². The molecule has 0 bridgehead atoms. The van der Waals surface area contributed by atoms with E-state index >= 15 is 0 Å². The molecule has 1 aliphatic carbocycles. The Bertz CT molecular complexity index is 305. The van der Waals surface area contributed by atoms with Gasteiger partial charge in [0, 0.05) is 38.0 Å². The van der Waals surface area contributed by atoms with E-state index in [0.717, 1.165) is 12.8 Å². The molecule has 1 saturated carbocycles. The van der Waals surface area contributed by atoms with Crippen LogP contribution in [0.2, 0.25) is 0 Å². The van der Waals surface area contributed by atoms with Crippen molar-refractivity contribution in [1.29, 1.82) is 0 Å². The molecule has 0 aromatic heterocycles. The first-order valence-corrected chi connectivity index (χ1v) is 11.6. The predicted molar refractivity (Wildman–Crippen MR) is 116 cm³/mol. The number of unbranched alkanes of at least 4 members (excludes halogenated alkanes) is 4. The van der Waals surface area contributed by atoms with Gasteiger partial charge in [-0.05, 0) is 25.8 Å². The zero-order valence-corrected chi connectivity index (χ0v) is 18.6. The molecular formula is C23H48N2O. The molecule has 3 nitrogen and oxygen atoms in total. The highest BCUT2D eigenvalue weighted by atomic mass is 16.1. The summed E-state index contributed by atoms with van der Waals surface area (Å²) in [6.07, 6.45) is 13.2. The maximum Gasteiger partial charge on any atom is 0.138 e. The molecule has 0 aromatic carbocycles. The summed E-state index contributed by atoms with van der Waals surface area (Å²) in [4.78, 5) is 14.1. The molecule has 0 aromatic rings. The summed E-state index contributed by atoms with van der Waals surface area (Å²) in [7, 11) is 0. The van der Waals surface area contributed by atoms with E-state index in [2.05, 4.69) is 17.1 Å². The van der Waals surface area contributed by atoms with Crippen molar-refractivity contribution >= 4 is 5.78 Å². The zero-order chi connectivity index (χ0) is 19.6. The van der Waals surface area contributed by atoms with Crippen LogP contribution >= 0.6 is 0 Å². The van der Waals surface area contributed by atoms with E-state index in [4.69, 9.17) is 0 Å². The second-order valence-electron chi connectivity index (χ2n) is 7.90. The van der Waals surface area contributed by atoms with Gasteiger partial charge < -0.3 is 10.2 Å². The van der Waals surface area contributed by atoms with Crippen molar-refractivity contribution in [2.75, 3.05) is 32.7 Å². The van der Waals surface area contributed by atoms with Gasteiger partial charge in [-0.2, -0.15) is 0 Å². The van der Waals surface area contributed by atoms with Gasteiger partial charge in [0.1, 0.15) is 5.78 Å². The molecule has 26 heavy (non-hydrogen) atoms. The average molecular weight is 369 g/mol. The Balaban J connectivity index is 0.000000444. The monoisotopic (exact) mass is 368 g/mol. The number of hydrogen-bond acceptors (Lipinski definition) is 3. The largest absolute Gasteiger partial charge is 0.314 e. The van der Waals surface area contributed by atoms with Crippen LogP contribution in [0.5, 0.6) is 0 Å². The topological polar surface area (TPSA) is 32.3 Å². The first kappa shape index (κ1) is 25.6. The van der Waals surface area contributed by atoms with Crippen LogP contribution in [-0.2, 0) is 4.79 Å². The van der Waals surface area contributed by atoms with Crippen LogP contribution in [-0.4, -0.2) is 43.4 Å². The van der Waals surface area contributed by atoms with Crippen molar-refractivity contribution in [2.45, 2.75) is 98.8 Å². The molecule has 2 rings (SSSR count). The van der Waals surface area contributed by atoms with E-state index in [1.165, 1.54) is 84.1 Å². The third kappa shape index (κ3) is 12.9. The summed E-state index contributed by atoms with van der Waals surface area (Å²) >= 11 is 0. The van der Waals surface area contributed by atoms with E-state index in [-0.39, 0.29) is 5.92 Å². The summed E-state index contributed by atoms with van der Waals surface area (Å²) in [5.41, 5.74) is 0. The summed E-state index contributed by atoms with van der Waals surface area (Å²) in [6.45, 7) is 16.5. The Hall–Kier alpha value is -0.410. The number of Topliss-reactive ketones (excluding diaryl/α,β-unsaturated/α-hetero) is 1. The molecule has 2 aliphatic rings. The molecule has 0 radical (unpaired) electrons. The fraction of sp³-hybridized carbons (Fsp3) is 0.957. The van der Waals surface area contributed by atoms with Crippen molar-refractivity contribution in [3.63, 3.8) is 0 Å². The Morgan fingerprint density at radius 1 is 0.962 bits per heavy atom. The van der Waals surface area contributed by atoms with E-state index in [9.17, 15) is 4.79 Å². The summed E-state index contributed by atoms with van der Waals surface area (Å²) in [5, 5.41) is 3.38. The van der Waals surface area contributed by atoms with Gasteiger partial charge >= 0.3 is 0 Å². The van der Waals surface area contributed by atoms with Gasteiger partial charge in [-0.1, -0.05) is 79.6 Å². The lowest BCUT2D eigenvalue weighted by atomic mass is 9.83. The molecule has 1 heterocycles. The lowest BCUT2D eigenvalue weighted by Gasteiger charge is -2.26. The highest BCUT2D eigenvalue weighted by molar-refractivity contribution is 5.82. The lowest BCUT2D eigenvalue weighted by Crippen LogP contribution is -2.43. The van der Waals surface area contributed by atoms with Crippen LogP contribution in [0.15, 0.2) is 0 Å². The summed E-state index contributed by atoms with van der Waals surface area (Å²) in [6, 6.07) is 0.